The Balaban J connectivity index is 2.45. The summed E-state index contributed by atoms with van der Waals surface area (Å²) in [5, 5.41) is 2.90. The average molecular weight is 267 g/mol. The summed E-state index contributed by atoms with van der Waals surface area (Å²) in [4.78, 5) is 12.9. The molecule has 1 aromatic carbocycles. The largest absolute Gasteiger partial charge is 0.383 e. The first-order chi connectivity index (χ1) is 8.52. The molecule has 4 heteroatoms. The van der Waals surface area contributed by atoms with Crippen molar-refractivity contribution in [3.8, 4) is 0 Å². The van der Waals surface area contributed by atoms with E-state index in [0.29, 0.717) is 12.4 Å². The van der Waals surface area contributed by atoms with Crippen molar-refractivity contribution in [2.75, 3.05) is 19.5 Å². The number of thioether (sulfide) groups is 1. The van der Waals surface area contributed by atoms with E-state index in [1.165, 1.54) is 16.0 Å². The monoisotopic (exact) mass is 267 g/mol. The number of nitrogens with one attached hydrogen (secondary N) is 1. The predicted molar refractivity (Wildman–Crippen MR) is 76.1 cm³/mol. The van der Waals surface area contributed by atoms with E-state index in [4.69, 9.17) is 4.74 Å². The quantitative estimate of drug-likeness (QED) is 0.805. The van der Waals surface area contributed by atoms with Gasteiger partial charge < -0.3 is 10.1 Å². The number of ether oxygens (including phenoxy) is 1. The molecule has 0 aliphatic carbocycles. The number of rotatable bonds is 6. The fourth-order valence-corrected chi connectivity index (χ4v) is 2.55. The van der Waals surface area contributed by atoms with Crippen LogP contribution in [-0.2, 0) is 9.53 Å². The predicted octanol–water partition coefficient (Wildman–Crippen LogP) is 2.55. The van der Waals surface area contributed by atoms with Crippen molar-refractivity contribution in [1.82, 2.24) is 5.32 Å². The lowest BCUT2D eigenvalue weighted by Crippen LogP contribution is -2.36. The first-order valence-corrected chi connectivity index (χ1v) is 7.00. The summed E-state index contributed by atoms with van der Waals surface area (Å²) in [5.74, 6) is 0.490. The Labute approximate surface area is 113 Å². The molecule has 18 heavy (non-hydrogen) atoms. The SMILES string of the molecule is COCC(C)NC(=O)CSc1cc(C)ccc1C. The fraction of sp³-hybridized carbons (Fsp3) is 0.500. The second-order valence-corrected chi connectivity index (χ2v) is 5.50. The molecule has 1 rings (SSSR count). The molecule has 1 atom stereocenters. The first kappa shape index (κ1) is 15.1. The van der Waals surface area contributed by atoms with Gasteiger partial charge in [0.1, 0.15) is 0 Å². The van der Waals surface area contributed by atoms with Gasteiger partial charge in [-0.3, -0.25) is 4.79 Å². The summed E-state index contributed by atoms with van der Waals surface area (Å²) >= 11 is 1.58. The summed E-state index contributed by atoms with van der Waals surface area (Å²) < 4.78 is 4.98. The Bertz CT molecular complexity index is 407. The van der Waals surface area contributed by atoms with Crippen molar-refractivity contribution >= 4 is 17.7 Å². The minimum absolute atomic E-state index is 0.0467. The lowest BCUT2D eigenvalue weighted by atomic mass is 10.2. The van der Waals surface area contributed by atoms with E-state index < -0.39 is 0 Å². The highest BCUT2D eigenvalue weighted by molar-refractivity contribution is 8.00. The molecule has 0 fully saturated rings. The van der Waals surface area contributed by atoms with Crippen LogP contribution in [0.1, 0.15) is 18.1 Å². The van der Waals surface area contributed by atoms with Gasteiger partial charge in [-0.25, -0.2) is 0 Å². The van der Waals surface area contributed by atoms with Crippen LogP contribution in [0, 0.1) is 13.8 Å². The van der Waals surface area contributed by atoms with Gasteiger partial charge in [-0.1, -0.05) is 17.7 Å². The number of hydrogen-bond donors (Lipinski definition) is 1. The van der Waals surface area contributed by atoms with Gasteiger partial charge in [0.2, 0.25) is 5.91 Å². The van der Waals surface area contributed by atoms with Gasteiger partial charge in [-0.15, -0.1) is 11.8 Å². The Morgan fingerprint density at radius 2 is 2.17 bits per heavy atom. The van der Waals surface area contributed by atoms with Crippen molar-refractivity contribution in [1.29, 1.82) is 0 Å². The van der Waals surface area contributed by atoms with Gasteiger partial charge in [0, 0.05) is 18.0 Å². The molecule has 1 N–H and O–H groups in total. The van der Waals surface area contributed by atoms with Gasteiger partial charge in [-0.05, 0) is 32.4 Å². The molecule has 0 aliphatic heterocycles. The first-order valence-electron chi connectivity index (χ1n) is 6.01. The van der Waals surface area contributed by atoms with Crippen molar-refractivity contribution in [3.05, 3.63) is 29.3 Å². The van der Waals surface area contributed by atoms with E-state index in [1.807, 2.05) is 6.92 Å². The third-order valence-corrected chi connectivity index (χ3v) is 3.68. The number of hydrogen-bond acceptors (Lipinski definition) is 3. The maximum absolute atomic E-state index is 11.7. The Morgan fingerprint density at radius 1 is 1.44 bits per heavy atom. The number of amides is 1. The summed E-state index contributed by atoms with van der Waals surface area (Å²) in [7, 11) is 1.63. The maximum Gasteiger partial charge on any atom is 0.230 e. The molecule has 0 bridgehead atoms. The van der Waals surface area contributed by atoms with Crippen LogP contribution < -0.4 is 5.32 Å². The zero-order valence-electron chi connectivity index (χ0n) is 11.4. The van der Waals surface area contributed by atoms with Crippen LogP contribution in [0.25, 0.3) is 0 Å². The Kier molecular flexibility index (Phi) is 6.22. The van der Waals surface area contributed by atoms with E-state index in [-0.39, 0.29) is 11.9 Å². The summed E-state index contributed by atoms with van der Waals surface area (Å²) in [6.07, 6.45) is 0. The fourth-order valence-electron chi connectivity index (χ4n) is 1.61. The van der Waals surface area contributed by atoms with Gasteiger partial charge in [0.05, 0.1) is 12.4 Å². The molecule has 1 aromatic rings. The number of benzene rings is 1. The molecule has 0 saturated heterocycles. The van der Waals surface area contributed by atoms with Crippen LogP contribution >= 0.6 is 11.8 Å². The van der Waals surface area contributed by atoms with Gasteiger partial charge in [-0.2, -0.15) is 0 Å². The third kappa shape index (κ3) is 5.10. The van der Waals surface area contributed by atoms with E-state index in [1.54, 1.807) is 18.9 Å². The molecule has 1 unspecified atom stereocenters. The molecular weight excluding hydrogens is 246 g/mol. The summed E-state index contributed by atoms with van der Waals surface area (Å²) in [6.45, 7) is 6.60. The van der Waals surface area contributed by atoms with Crippen LogP contribution in [0.5, 0.6) is 0 Å². The van der Waals surface area contributed by atoms with Crippen LogP contribution in [0.15, 0.2) is 23.1 Å². The smallest absolute Gasteiger partial charge is 0.230 e. The molecule has 100 valence electrons. The van der Waals surface area contributed by atoms with Crippen LogP contribution in [0.3, 0.4) is 0 Å². The normalized spacial score (nSPS) is 12.2. The third-order valence-electron chi connectivity index (χ3n) is 2.53. The number of aryl methyl sites for hydroxylation is 2. The van der Waals surface area contributed by atoms with Crippen LogP contribution in [0.4, 0.5) is 0 Å². The van der Waals surface area contributed by atoms with Crippen molar-refractivity contribution in [3.63, 3.8) is 0 Å². The van der Waals surface area contributed by atoms with E-state index >= 15 is 0 Å². The second-order valence-electron chi connectivity index (χ2n) is 4.48. The minimum atomic E-state index is 0.0467. The second kappa shape index (κ2) is 7.44. The Morgan fingerprint density at radius 3 is 2.83 bits per heavy atom. The maximum atomic E-state index is 11.7. The Hall–Kier alpha value is -1.00. The van der Waals surface area contributed by atoms with Crippen molar-refractivity contribution in [2.45, 2.75) is 31.7 Å². The van der Waals surface area contributed by atoms with Crippen molar-refractivity contribution < 1.29 is 9.53 Å². The highest BCUT2D eigenvalue weighted by atomic mass is 32.2. The molecule has 3 nitrogen and oxygen atoms in total. The van der Waals surface area contributed by atoms with Gasteiger partial charge in [0.15, 0.2) is 0 Å². The minimum Gasteiger partial charge on any atom is -0.383 e. The van der Waals surface area contributed by atoms with Crippen LogP contribution in [-0.4, -0.2) is 31.4 Å². The molecule has 0 aliphatic rings. The zero-order chi connectivity index (χ0) is 13.5. The highest BCUT2D eigenvalue weighted by Crippen LogP contribution is 2.23. The van der Waals surface area contributed by atoms with Crippen LogP contribution in [0.2, 0.25) is 0 Å². The molecule has 0 saturated carbocycles. The van der Waals surface area contributed by atoms with E-state index in [9.17, 15) is 4.79 Å². The van der Waals surface area contributed by atoms with Crippen molar-refractivity contribution in [2.24, 2.45) is 0 Å². The highest BCUT2D eigenvalue weighted by Gasteiger charge is 2.08. The lowest BCUT2D eigenvalue weighted by molar-refractivity contribution is -0.119. The molecule has 0 heterocycles. The number of methoxy groups -OCH3 is 1. The standard InChI is InChI=1S/C14H21NO2S/c1-10-5-6-11(2)13(7-10)18-9-14(16)15-12(3)8-17-4/h5-7,12H,8-9H2,1-4H3,(H,15,16). The van der Waals surface area contributed by atoms with E-state index in [2.05, 4.69) is 37.4 Å². The molecule has 0 spiro atoms. The molecule has 0 aromatic heterocycles. The molecular formula is C14H21NO2S. The van der Waals surface area contributed by atoms with E-state index in [0.717, 1.165) is 0 Å². The summed E-state index contributed by atoms with van der Waals surface area (Å²) in [6, 6.07) is 6.34. The summed E-state index contributed by atoms with van der Waals surface area (Å²) in [5.41, 5.74) is 2.43. The number of carbonyl (C=O) groups excluding carboxylic acids is 1. The molecule has 0 radical (unpaired) electrons. The van der Waals surface area contributed by atoms with Gasteiger partial charge in [0.25, 0.3) is 0 Å². The molecule has 1 amide bonds. The lowest BCUT2D eigenvalue weighted by Gasteiger charge is -2.13. The average Bonchev–Trinajstić information content (AvgIpc) is 2.30. The van der Waals surface area contributed by atoms with Gasteiger partial charge >= 0.3 is 0 Å². The zero-order valence-corrected chi connectivity index (χ0v) is 12.3. The number of carbonyl (C=O) groups is 1. The topological polar surface area (TPSA) is 38.3 Å².